The van der Waals surface area contributed by atoms with Crippen molar-refractivity contribution in [2.45, 2.75) is 13.0 Å². The molecule has 0 aliphatic carbocycles. The molecule has 5 nitrogen and oxygen atoms in total. The number of para-hydroxylation sites is 2. The Bertz CT molecular complexity index is 1170. The molecule has 3 aromatic carbocycles. The molecule has 0 spiro atoms. The molecule has 0 aliphatic heterocycles. The van der Waals surface area contributed by atoms with Gasteiger partial charge in [-0.05, 0) is 36.2 Å². The van der Waals surface area contributed by atoms with Gasteiger partial charge in [-0.15, -0.1) is 10.2 Å². The number of rotatable bonds is 5. The number of phenols is 1. The molecule has 0 saturated heterocycles. The van der Waals surface area contributed by atoms with Crippen molar-refractivity contribution in [1.29, 1.82) is 0 Å². The van der Waals surface area contributed by atoms with E-state index in [1.165, 1.54) is 0 Å². The van der Waals surface area contributed by atoms with E-state index in [4.69, 9.17) is 11.6 Å². The summed E-state index contributed by atoms with van der Waals surface area (Å²) in [6.07, 6.45) is 0.669. The van der Waals surface area contributed by atoms with Crippen molar-refractivity contribution in [1.82, 2.24) is 4.57 Å². The minimum absolute atomic E-state index is 0.0347. The van der Waals surface area contributed by atoms with Crippen LogP contribution < -0.4 is 0 Å². The van der Waals surface area contributed by atoms with Crippen LogP contribution in [-0.4, -0.2) is 14.8 Å². The monoisotopic (exact) mass is 391 g/mol. The minimum atomic E-state index is 0.0347. The molecule has 0 unspecified atom stereocenters. The highest BCUT2D eigenvalue weighted by molar-refractivity contribution is 6.31. The molecule has 4 aromatic rings. The van der Waals surface area contributed by atoms with Crippen LogP contribution in [0.5, 0.6) is 11.6 Å². The Morgan fingerprint density at radius 1 is 0.821 bits per heavy atom. The van der Waals surface area contributed by atoms with Crippen LogP contribution >= 0.6 is 11.6 Å². The smallest absolute Gasteiger partial charge is 0.220 e. The molecular formula is C22H18ClN3O2. The molecular weight excluding hydrogens is 374 g/mol. The molecule has 0 saturated carbocycles. The second-order valence-electron chi connectivity index (χ2n) is 6.37. The number of phenolic OH excluding ortho intramolecular Hbond substituents is 1. The summed E-state index contributed by atoms with van der Waals surface area (Å²) in [4.78, 5) is 0. The average molecular weight is 392 g/mol. The van der Waals surface area contributed by atoms with Gasteiger partial charge in [0.1, 0.15) is 11.4 Å². The third-order valence-electron chi connectivity index (χ3n) is 4.62. The number of aromatic hydroxyl groups is 2. The number of hydrogen-bond donors (Lipinski definition) is 2. The summed E-state index contributed by atoms with van der Waals surface area (Å²) in [5.74, 6) is 0.0700. The maximum Gasteiger partial charge on any atom is 0.220 e. The Labute approximate surface area is 167 Å². The van der Waals surface area contributed by atoms with Crippen LogP contribution in [0.15, 0.2) is 83.0 Å². The van der Waals surface area contributed by atoms with Gasteiger partial charge in [0.2, 0.25) is 5.88 Å². The summed E-state index contributed by atoms with van der Waals surface area (Å²) in [6.45, 7) is 0.544. The largest absolute Gasteiger partial charge is 0.506 e. The average Bonchev–Trinajstić information content (AvgIpc) is 2.98. The van der Waals surface area contributed by atoms with Crippen molar-refractivity contribution >= 4 is 33.9 Å². The zero-order chi connectivity index (χ0) is 19.5. The Hall–Kier alpha value is -3.31. The number of aryl methyl sites for hydroxylation is 2. The van der Waals surface area contributed by atoms with Crippen molar-refractivity contribution in [3.63, 3.8) is 0 Å². The van der Waals surface area contributed by atoms with E-state index >= 15 is 0 Å². The molecule has 0 radical (unpaired) electrons. The summed E-state index contributed by atoms with van der Waals surface area (Å²) in [6, 6.07) is 22.0. The fraction of sp³-hybridized carbons (Fsp3) is 0.0909. The van der Waals surface area contributed by atoms with Gasteiger partial charge in [-0.3, -0.25) is 0 Å². The fourth-order valence-electron chi connectivity index (χ4n) is 3.18. The zero-order valence-corrected chi connectivity index (χ0v) is 15.7. The molecule has 28 heavy (non-hydrogen) atoms. The number of benzene rings is 3. The van der Waals surface area contributed by atoms with Gasteiger partial charge < -0.3 is 14.8 Å². The fourth-order valence-corrected chi connectivity index (χ4v) is 3.41. The molecule has 0 bridgehead atoms. The van der Waals surface area contributed by atoms with Gasteiger partial charge in [-0.1, -0.05) is 60.1 Å². The quantitative estimate of drug-likeness (QED) is 0.388. The van der Waals surface area contributed by atoms with Gasteiger partial charge in [-0.2, -0.15) is 0 Å². The van der Waals surface area contributed by atoms with Crippen molar-refractivity contribution in [2.75, 3.05) is 0 Å². The maximum atomic E-state index is 10.8. The number of nitrogens with zero attached hydrogens (tertiary/aromatic N) is 3. The predicted octanol–water partition coefficient (Wildman–Crippen LogP) is 6.36. The van der Waals surface area contributed by atoms with E-state index in [1.54, 1.807) is 28.8 Å². The van der Waals surface area contributed by atoms with Gasteiger partial charge in [0.05, 0.1) is 5.52 Å². The van der Waals surface area contributed by atoms with E-state index in [1.807, 2.05) is 48.5 Å². The number of hydrogen-bond acceptors (Lipinski definition) is 4. The summed E-state index contributed by atoms with van der Waals surface area (Å²) in [7, 11) is 0. The molecule has 1 heterocycles. The van der Waals surface area contributed by atoms with E-state index in [0.717, 1.165) is 16.5 Å². The van der Waals surface area contributed by atoms with Crippen molar-refractivity contribution in [3.05, 3.63) is 83.4 Å². The second-order valence-corrected chi connectivity index (χ2v) is 6.78. The SMILES string of the molecule is Oc1ccccc1N=Nc1c(O)n(CCc2ccccc2Cl)c2ccccc12. The van der Waals surface area contributed by atoms with E-state index in [-0.39, 0.29) is 11.6 Å². The standard InChI is InChI=1S/C22H18ClN3O2/c23-17-9-3-1-7-15(17)13-14-26-19-11-5-2-8-16(19)21(22(26)28)25-24-18-10-4-6-12-20(18)27/h1-12,27-28H,13-14H2. The van der Waals surface area contributed by atoms with Crippen LogP contribution in [0.25, 0.3) is 10.9 Å². The maximum absolute atomic E-state index is 10.8. The molecule has 4 rings (SSSR count). The second kappa shape index (κ2) is 7.74. The van der Waals surface area contributed by atoms with Crippen LogP contribution in [0.2, 0.25) is 5.02 Å². The Kier molecular flexibility index (Phi) is 5.00. The van der Waals surface area contributed by atoms with Crippen molar-refractivity contribution < 1.29 is 10.2 Å². The minimum Gasteiger partial charge on any atom is -0.506 e. The number of fused-ring (bicyclic) bond motifs is 1. The number of halogens is 1. The van der Waals surface area contributed by atoms with Crippen LogP contribution in [0.4, 0.5) is 11.4 Å². The summed E-state index contributed by atoms with van der Waals surface area (Å²) in [5.41, 5.74) is 2.59. The van der Waals surface area contributed by atoms with Crippen LogP contribution in [-0.2, 0) is 13.0 Å². The predicted molar refractivity (Wildman–Crippen MR) is 111 cm³/mol. The molecule has 0 atom stereocenters. The molecule has 140 valence electrons. The number of azo groups is 1. The van der Waals surface area contributed by atoms with Crippen molar-refractivity contribution in [2.24, 2.45) is 10.2 Å². The molecule has 0 aliphatic rings. The van der Waals surface area contributed by atoms with Crippen molar-refractivity contribution in [3.8, 4) is 11.6 Å². The van der Waals surface area contributed by atoms with Gasteiger partial charge in [0.25, 0.3) is 0 Å². The molecule has 1 aromatic heterocycles. The van der Waals surface area contributed by atoms with E-state index in [2.05, 4.69) is 10.2 Å². The van der Waals surface area contributed by atoms with Crippen LogP contribution in [0.3, 0.4) is 0 Å². The highest BCUT2D eigenvalue weighted by atomic mass is 35.5. The van der Waals surface area contributed by atoms with Gasteiger partial charge in [-0.25, -0.2) is 0 Å². The molecule has 0 amide bonds. The first-order valence-electron chi connectivity index (χ1n) is 8.88. The first kappa shape index (κ1) is 18.1. The topological polar surface area (TPSA) is 70.1 Å². The summed E-state index contributed by atoms with van der Waals surface area (Å²) in [5, 5.41) is 30.5. The van der Waals surface area contributed by atoms with E-state index < -0.39 is 0 Å². The van der Waals surface area contributed by atoms with Crippen LogP contribution in [0, 0.1) is 0 Å². The third kappa shape index (κ3) is 3.44. The highest BCUT2D eigenvalue weighted by Crippen LogP contribution is 2.40. The van der Waals surface area contributed by atoms with Gasteiger partial charge >= 0.3 is 0 Å². The molecule has 0 fully saturated rings. The summed E-state index contributed by atoms with van der Waals surface area (Å²) >= 11 is 6.26. The lowest BCUT2D eigenvalue weighted by atomic mass is 10.1. The zero-order valence-electron chi connectivity index (χ0n) is 15.0. The highest BCUT2D eigenvalue weighted by Gasteiger charge is 2.16. The third-order valence-corrected chi connectivity index (χ3v) is 4.99. The summed E-state index contributed by atoms with van der Waals surface area (Å²) < 4.78 is 1.80. The lowest BCUT2D eigenvalue weighted by molar-refractivity contribution is 0.422. The Morgan fingerprint density at radius 2 is 1.54 bits per heavy atom. The molecule has 2 N–H and O–H groups in total. The van der Waals surface area contributed by atoms with E-state index in [0.29, 0.717) is 29.4 Å². The van der Waals surface area contributed by atoms with Crippen LogP contribution in [0.1, 0.15) is 5.56 Å². The Morgan fingerprint density at radius 3 is 2.36 bits per heavy atom. The Balaban J connectivity index is 1.71. The van der Waals surface area contributed by atoms with E-state index in [9.17, 15) is 10.2 Å². The number of aromatic nitrogens is 1. The van der Waals surface area contributed by atoms with Gasteiger partial charge in [0.15, 0.2) is 5.69 Å². The first-order valence-corrected chi connectivity index (χ1v) is 9.26. The first-order chi connectivity index (χ1) is 13.6. The lowest BCUT2D eigenvalue weighted by Gasteiger charge is -2.08. The lowest BCUT2D eigenvalue weighted by Crippen LogP contribution is -2.01. The van der Waals surface area contributed by atoms with Gasteiger partial charge in [0, 0.05) is 17.0 Å². The normalized spacial score (nSPS) is 11.5. The molecule has 6 heteroatoms.